The van der Waals surface area contributed by atoms with Crippen molar-refractivity contribution < 1.29 is 14.5 Å². The summed E-state index contributed by atoms with van der Waals surface area (Å²) in [7, 11) is 0. The number of hydrogen-bond donors (Lipinski definition) is 2. The molecule has 0 aliphatic carbocycles. The molecule has 0 fully saturated rings. The average Bonchev–Trinajstić information content (AvgIpc) is 2.57. The lowest BCUT2D eigenvalue weighted by molar-refractivity contribution is -0.545. The van der Waals surface area contributed by atoms with E-state index in [1.807, 2.05) is 19.1 Å². The summed E-state index contributed by atoms with van der Waals surface area (Å²) < 4.78 is 5.04. The van der Waals surface area contributed by atoms with Gasteiger partial charge in [0.05, 0.1) is 17.7 Å². The van der Waals surface area contributed by atoms with Crippen molar-refractivity contribution >= 4 is 17.5 Å². The maximum absolute atomic E-state index is 11.8. The maximum atomic E-state index is 11.8. The minimum Gasteiger partial charge on any atom is -0.462 e. The van der Waals surface area contributed by atoms with Crippen LogP contribution in [0.15, 0.2) is 36.4 Å². The van der Waals surface area contributed by atoms with Gasteiger partial charge in [-0.25, -0.2) is 10.1 Å². The average molecular weight is 351 g/mol. The zero-order chi connectivity index (χ0) is 18.9. The van der Waals surface area contributed by atoms with Gasteiger partial charge in [0.25, 0.3) is 5.84 Å². The monoisotopic (exact) mass is 351 g/mol. The number of benzene rings is 2. The molecule has 136 valence electrons. The lowest BCUT2D eigenvalue weighted by atomic mass is 9.86. The van der Waals surface area contributed by atoms with Gasteiger partial charge in [0.1, 0.15) is 11.2 Å². The van der Waals surface area contributed by atoms with E-state index in [1.165, 1.54) is 22.3 Å². The van der Waals surface area contributed by atoms with Crippen LogP contribution in [0.3, 0.4) is 0 Å². The van der Waals surface area contributed by atoms with Crippen LogP contribution in [-0.4, -0.2) is 24.0 Å². The third kappa shape index (κ3) is 3.79. The Bertz CT molecular complexity index is 864. The van der Waals surface area contributed by atoms with Crippen LogP contribution in [-0.2, 0) is 11.2 Å². The van der Waals surface area contributed by atoms with Gasteiger partial charge in [0.15, 0.2) is 0 Å². The Balaban J connectivity index is 1.90. The molecule has 0 bridgehead atoms. The van der Waals surface area contributed by atoms with E-state index in [0.717, 1.165) is 17.9 Å². The highest BCUT2D eigenvalue weighted by Crippen LogP contribution is 2.23. The standard InChI is InChI=1S/C22H26N2O2/c1-6-26-21(25)16-7-9-18(10-8-16)23-20-19-12-15(3)14(2)11-17(19)13-22(4,5)24-20/h7-12H,6,13H2,1-5H3,(H,23,24)/p+1. The van der Waals surface area contributed by atoms with Crippen molar-refractivity contribution in [2.75, 3.05) is 11.9 Å². The number of nitrogens with one attached hydrogen (secondary N) is 2. The lowest BCUT2D eigenvalue weighted by Crippen LogP contribution is -2.89. The van der Waals surface area contributed by atoms with Gasteiger partial charge in [-0.15, -0.1) is 0 Å². The Morgan fingerprint density at radius 3 is 2.46 bits per heavy atom. The van der Waals surface area contributed by atoms with Crippen molar-refractivity contribution in [2.24, 2.45) is 0 Å². The van der Waals surface area contributed by atoms with E-state index in [4.69, 9.17) is 4.74 Å². The number of aryl methyl sites for hydroxylation is 2. The number of fused-ring (bicyclic) bond motifs is 1. The van der Waals surface area contributed by atoms with Crippen LogP contribution in [0.2, 0.25) is 0 Å². The van der Waals surface area contributed by atoms with Crippen molar-refractivity contribution in [3.63, 3.8) is 0 Å². The molecule has 26 heavy (non-hydrogen) atoms. The molecule has 0 saturated heterocycles. The fourth-order valence-corrected chi connectivity index (χ4v) is 3.33. The number of carbonyl (C=O) groups excluding carboxylic acids is 1. The normalized spacial score (nSPS) is 15.0. The molecule has 1 heterocycles. The van der Waals surface area contributed by atoms with Gasteiger partial charge in [0, 0.05) is 6.42 Å². The molecule has 1 aliphatic rings. The molecule has 0 atom stereocenters. The van der Waals surface area contributed by atoms with E-state index in [1.54, 1.807) is 12.1 Å². The van der Waals surface area contributed by atoms with Crippen molar-refractivity contribution in [1.82, 2.24) is 0 Å². The SMILES string of the molecule is CCOC(=O)c1ccc(NC2=[NH+]C(C)(C)Cc3cc(C)c(C)cc32)cc1. The van der Waals surface area contributed by atoms with E-state index in [2.05, 4.69) is 50.1 Å². The fraction of sp³-hybridized carbons (Fsp3) is 0.364. The second-order valence-corrected chi connectivity index (χ2v) is 7.58. The summed E-state index contributed by atoms with van der Waals surface area (Å²) in [4.78, 5) is 15.4. The third-order valence-electron chi connectivity index (χ3n) is 4.75. The summed E-state index contributed by atoms with van der Waals surface area (Å²) in [6.07, 6.45) is 0.983. The molecule has 0 aromatic heterocycles. The molecule has 2 aromatic carbocycles. The molecule has 2 N–H and O–H groups in total. The van der Waals surface area contributed by atoms with Gasteiger partial charge < -0.3 is 4.74 Å². The zero-order valence-corrected chi connectivity index (χ0v) is 16.2. The molecule has 0 spiro atoms. The predicted octanol–water partition coefficient (Wildman–Crippen LogP) is 2.75. The van der Waals surface area contributed by atoms with Gasteiger partial charge in [-0.1, -0.05) is 6.07 Å². The van der Waals surface area contributed by atoms with Crippen molar-refractivity contribution in [3.8, 4) is 0 Å². The van der Waals surface area contributed by atoms with E-state index in [9.17, 15) is 4.79 Å². The highest BCUT2D eigenvalue weighted by molar-refractivity contribution is 6.06. The first kappa shape index (κ1) is 18.2. The number of amidine groups is 1. The molecule has 4 nitrogen and oxygen atoms in total. The van der Waals surface area contributed by atoms with Crippen LogP contribution in [0.1, 0.15) is 53.4 Å². The van der Waals surface area contributed by atoms with Crippen LogP contribution in [0.25, 0.3) is 0 Å². The number of hydrogen-bond acceptors (Lipinski definition) is 3. The van der Waals surface area contributed by atoms with Crippen LogP contribution in [0.4, 0.5) is 5.69 Å². The van der Waals surface area contributed by atoms with Crippen LogP contribution in [0.5, 0.6) is 0 Å². The molecule has 0 amide bonds. The number of ether oxygens (including phenoxy) is 1. The summed E-state index contributed by atoms with van der Waals surface area (Å²) in [5.74, 6) is 0.711. The molecular formula is C22H27N2O2+. The zero-order valence-electron chi connectivity index (χ0n) is 16.2. The van der Waals surface area contributed by atoms with E-state index in [-0.39, 0.29) is 11.5 Å². The summed E-state index contributed by atoms with van der Waals surface area (Å²) >= 11 is 0. The highest BCUT2D eigenvalue weighted by atomic mass is 16.5. The number of anilines is 1. The largest absolute Gasteiger partial charge is 0.462 e. The predicted molar refractivity (Wildman–Crippen MR) is 105 cm³/mol. The summed E-state index contributed by atoms with van der Waals surface area (Å²) in [5, 5.41) is 3.49. The lowest BCUT2D eigenvalue weighted by Gasteiger charge is -2.26. The van der Waals surface area contributed by atoms with Gasteiger partial charge in [-0.05, 0) is 81.6 Å². The van der Waals surface area contributed by atoms with Gasteiger partial charge in [-0.3, -0.25) is 4.99 Å². The van der Waals surface area contributed by atoms with E-state index in [0.29, 0.717) is 12.2 Å². The molecule has 0 unspecified atom stereocenters. The first-order valence-electron chi connectivity index (χ1n) is 9.09. The number of rotatable bonds is 3. The van der Waals surface area contributed by atoms with Gasteiger partial charge in [-0.2, -0.15) is 0 Å². The second-order valence-electron chi connectivity index (χ2n) is 7.58. The Morgan fingerprint density at radius 2 is 1.81 bits per heavy atom. The van der Waals surface area contributed by atoms with Crippen LogP contribution < -0.4 is 10.3 Å². The number of esters is 1. The quantitative estimate of drug-likeness (QED) is 0.836. The summed E-state index contributed by atoms with van der Waals surface area (Å²) in [5.41, 5.74) is 6.63. The van der Waals surface area contributed by atoms with Crippen molar-refractivity contribution in [1.29, 1.82) is 0 Å². The molecule has 0 radical (unpaired) electrons. The Kier molecular flexibility index (Phi) is 4.86. The molecule has 0 saturated carbocycles. The molecule has 2 aromatic rings. The summed E-state index contributed by atoms with van der Waals surface area (Å²) in [6.45, 7) is 10.9. The van der Waals surface area contributed by atoms with E-state index < -0.39 is 0 Å². The first-order chi connectivity index (χ1) is 12.3. The summed E-state index contributed by atoms with van der Waals surface area (Å²) in [6, 6.07) is 11.9. The highest BCUT2D eigenvalue weighted by Gasteiger charge is 2.31. The van der Waals surface area contributed by atoms with Crippen LogP contribution >= 0.6 is 0 Å². The minimum atomic E-state index is -0.292. The van der Waals surface area contributed by atoms with Crippen molar-refractivity contribution in [3.05, 3.63) is 64.2 Å². The smallest absolute Gasteiger partial charge is 0.338 e. The minimum absolute atomic E-state index is 0.0259. The van der Waals surface area contributed by atoms with Crippen molar-refractivity contribution in [2.45, 2.75) is 46.6 Å². The van der Waals surface area contributed by atoms with E-state index >= 15 is 0 Å². The Morgan fingerprint density at radius 1 is 1.15 bits per heavy atom. The topological polar surface area (TPSA) is 52.3 Å². The van der Waals surface area contributed by atoms with Gasteiger partial charge >= 0.3 is 5.97 Å². The number of carbonyl (C=O) groups is 1. The molecule has 4 heteroatoms. The first-order valence-corrected chi connectivity index (χ1v) is 9.09. The maximum Gasteiger partial charge on any atom is 0.338 e. The second kappa shape index (κ2) is 6.94. The molecular weight excluding hydrogens is 324 g/mol. The molecule has 1 aliphatic heterocycles. The Hall–Kier alpha value is -2.62. The fourth-order valence-electron chi connectivity index (χ4n) is 3.33. The van der Waals surface area contributed by atoms with Crippen LogP contribution in [0, 0.1) is 13.8 Å². The Labute approximate surface area is 155 Å². The van der Waals surface area contributed by atoms with Gasteiger partial charge in [0.2, 0.25) is 0 Å². The third-order valence-corrected chi connectivity index (χ3v) is 4.75. The molecule has 3 rings (SSSR count).